The van der Waals surface area contributed by atoms with E-state index in [1.807, 2.05) is 0 Å². The van der Waals surface area contributed by atoms with Crippen molar-refractivity contribution in [1.29, 1.82) is 0 Å². The van der Waals surface area contributed by atoms with Crippen molar-refractivity contribution in [2.24, 2.45) is 5.73 Å². The second-order valence-electron chi connectivity index (χ2n) is 1.41. The van der Waals surface area contributed by atoms with Gasteiger partial charge in [0.1, 0.15) is 0 Å². The molecular weight excluding hydrogens is 146 g/mol. The second-order valence-corrected chi connectivity index (χ2v) is 1.80. The minimum atomic E-state index is 0.705. The fourth-order valence-electron chi connectivity index (χ4n) is 0.360. The molecule has 8 heavy (non-hydrogen) atoms. The van der Waals surface area contributed by atoms with Crippen molar-refractivity contribution >= 4 is 0 Å². The summed E-state index contributed by atoms with van der Waals surface area (Å²) in [5.41, 5.74) is 5.21. The van der Waals surface area contributed by atoms with Crippen LogP contribution >= 0.6 is 0 Å². The molecule has 0 aromatic rings. The molecule has 0 fully saturated rings. The van der Waals surface area contributed by atoms with E-state index >= 15 is 0 Å². The van der Waals surface area contributed by atoms with Crippen LogP contribution in [0.4, 0.5) is 0 Å². The zero-order valence-electron chi connectivity index (χ0n) is 4.76. The minimum absolute atomic E-state index is 0.705. The Bertz CT molecular complexity index is 36.3. The number of rotatable bonds is 5. The third-order valence-electron chi connectivity index (χ3n) is 0.711. The van der Waals surface area contributed by atoms with Crippen LogP contribution in [-0.2, 0) is 16.2 Å². The first-order valence-corrected chi connectivity index (χ1v) is 3.20. The molecule has 0 radical (unpaired) electrons. The topological polar surface area (TPSA) is 50.1 Å². The van der Waals surface area contributed by atoms with Gasteiger partial charge in [-0.3, -0.25) is 0 Å². The van der Waals surface area contributed by atoms with Gasteiger partial charge in [-0.25, -0.2) is 0 Å². The van der Waals surface area contributed by atoms with Gasteiger partial charge >= 0.3 is 57.8 Å². The molecule has 51 valence electrons. The number of hydrogen-bond donors (Lipinski definition) is 3. The molecule has 0 bridgehead atoms. The molecule has 0 atom stereocenters. The second kappa shape index (κ2) is 7.40. The predicted molar refractivity (Wildman–Crippen MR) is 29.9 cm³/mol. The molecule has 0 aliphatic heterocycles. The number of hydrogen-bond acceptors (Lipinski definition) is 3. The van der Waals surface area contributed by atoms with Gasteiger partial charge in [0, 0.05) is 0 Å². The fraction of sp³-hybridized carbons (Fsp3) is 1.00. The molecule has 0 heterocycles. The Morgan fingerprint density at radius 1 is 1.25 bits per heavy atom. The molecule has 0 rings (SSSR count). The quantitative estimate of drug-likeness (QED) is 0.340. The van der Waals surface area contributed by atoms with Crippen LogP contribution in [0.15, 0.2) is 0 Å². The first kappa shape index (κ1) is 8.40. The first-order valence-electron chi connectivity index (χ1n) is 2.65. The average molecular weight is 158 g/mol. The van der Waals surface area contributed by atoms with Crippen LogP contribution < -0.4 is 15.4 Å². The molecule has 0 unspecified atom stereocenters. The van der Waals surface area contributed by atoms with E-state index in [2.05, 4.69) is 25.9 Å². The predicted octanol–water partition coefficient (Wildman–Crippen LogP) is -1.41. The van der Waals surface area contributed by atoms with Crippen molar-refractivity contribution in [3.8, 4) is 0 Å². The number of nitrogens with one attached hydrogen (secondary N) is 2. The first-order chi connectivity index (χ1) is 3.91. The molecule has 0 aromatic carbocycles. The van der Waals surface area contributed by atoms with E-state index in [0.29, 0.717) is 6.54 Å². The summed E-state index contributed by atoms with van der Waals surface area (Å²) < 4.78 is 2.77. The van der Waals surface area contributed by atoms with Gasteiger partial charge in [-0.1, -0.05) is 0 Å². The molecule has 0 amide bonds. The van der Waals surface area contributed by atoms with E-state index < -0.39 is 0 Å². The summed E-state index contributed by atoms with van der Waals surface area (Å²) in [4.78, 5) is 0. The normalized spacial score (nSPS) is 9.75. The fourth-order valence-corrected chi connectivity index (χ4v) is 0.498. The standard InChI is InChI=1S/C4H12N3.Fe/c5-1-3-7-4-2-6;/h5,7H,1-4,6H2;/q-1;+1. The Morgan fingerprint density at radius 3 is 2.50 bits per heavy atom. The zero-order chi connectivity index (χ0) is 6.24. The Kier molecular flexibility index (Phi) is 7.77. The maximum absolute atomic E-state index is 5.21. The molecule has 0 aromatic heterocycles. The maximum atomic E-state index is 5.21. The van der Waals surface area contributed by atoms with Crippen molar-refractivity contribution in [2.75, 3.05) is 26.2 Å². The molecular formula is C4H12FeN3. The Labute approximate surface area is 58.4 Å². The van der Waals surface area contributed by atoms with Gasteiger partial charge in [0.15, 0.2) is 0 Å². The van der Waals surface area contributed by atoms with E-state index in [-0.39, 0.29) is 0 Å². The van der Waals surface area contributed by atoms with Crippen molar-refractivity contribution in [1.82, 2.24) is 9.65 Å². The Morgan fingerprint density at radius 2 is 2.00 bits per heavy atom. The van der Waals surface area contributed by atoms with Gasteiger partial charge < -0.3 is 0 Å². The van der Waals surface area contributed by atoms with E-state index in [1.54, 1.807) is 0 Å². The summed E-state index contributed by atoms with van der Waals surface area (Å²) in [5, 5.41) is 3.11. The molecule has 0 aliphatic rings. The van der Waals surface area contributed by atoms with Crippen molar-refractivity contribution in [3.05, 3.63) is 0 Å². The third kappa shape index (κ3) is 6.40. The summed E-state index contributed by atoms with van der Waals surface area (Å²) in [7, 11) is 0. The van der Waals surface area contributed by atoms with Crippen LogP contribution in [-0.4, -0.2) is 26.2 Å². The van der Waals surface area contributed by atoms with Crippen molar-refractivity contribution < 1.29 is 16.2 Å². The summed E-state index contributed by atoms with van der Waals surface area (Å²) in [6.07, 6.45) is 0. The van der Waals surface area contributed by atoms with Gasteiger partial charge in [0.05, 0.1) is 0 Å². The molecule has 0 saturated heterocycles. The van der Waals surface area contributed by atoms with Gasteiger partial charge in [-0.05, 0) is 0 Å². The van der Waals surface area contributed by atoms with E-state index in [4.69, 9.17) is 5.73 Å². The van der Waals surface area contributed by atoms with E-state index in [1.165, 1.54) is 0 Å². The Hall–Kier alpha value is 0.399. The molecule has 0 aliphatic carbocycles. The molecule has 4 heteroatoms. The van der Waals surface area contributed by atoms with Crippen LogP contribution in [0.1, 0.15) is 0 Å². The molecule has 0 spiro atoms. The average Bonchev–Trinajstić information content (AvgIpc) is 1.81. The summed E-state index contributed by atoms with van der Waals surface area (Å²) >= 11 is 3.46. The van der Waals surface area contributed by atoms with Gasteiger partial charge in [-0.15, -0.1) is 0 Å². The summed E-state index contributed by atoms with van der Waals surface area (Å²) in [5.74, 6) is 0. The molecule has 0 saturated carbocycles. The third-order valence-corrected chi connectivity index (χ3v) is 0.987. The summed E-state index contributed by atoms with van der Waals surface area (Å²) in [6.45, 7) is 3.44. The van der Waals surface area contributed by atoms with Gasteiger partial charge in [0.2, 0.25) is 0 Å². The molecule has 4 N–H and O–H groups in total. The van der Waals surface area contributed by atoms with Gasteiger partial charge in [-0.2, -0.15) is 0 Å². The van der Waals surface area contributed by atoms with Crippen LogP contribution in [0.25, 0.3) is 0 Å². The zero-order valence-corrected chi connectivity index (χ0v) is 5.86. The Balaban J connectivity index is 2.53. The van der Waals surface area contributed by atoms with E-state index in [0.717, 1.165) is 19.6 Å². The van der Waals surface area contributed by atoms with Crippen molar-refractivity contribution in [3.63, 3.8) is 0 Å². The SMILES string of the molecule is NCCNCC[NH][Fe]. The summed E-state index contributed by atoms with van der Waals surface area (Å²) in [6, 6.07) is 0. The van der Waals surface area contributed by atoms with Crippen molar-refractivity contribution in [2.45, 2.75) is 0 Å². The van der Waals surface area contributed by atoms with Gasteiger partial charge in [0.25, 0.3) is 0 Å². The van der Waals surface area contributed by atoms with Crippen LogP contribution in [0.5, 0.6) is 0 Å². The molecule has 3 nitrogen and oxygen atoms in total. The van der Waals surface area contributed by atoms with Crippen LogP contribution in [0.2, 0.25) is 0 Å². The van der Waals surface area contributed by atoms with Crippen LogP contribution in [0, 0.1) is 0 Å². The number of nitrogens with two attached hydrogens (primary N) is 1. The monoisotopic (exact) mass is 158 g/mol. The van der Waals surface area contributed by atoms with E-state index in [9.17, 15) is 0 Å². The van der Waals surface area contributed by atoms with Crippen LogP contribution in [0.3, 0.4) is 0 Å².